The number of aliphatic carboxylic acids is 1. The average Bonchev–Trinajstić information content (AvgIpc) is 3.35. The molecule has 0 unspecified atom stereocenters. The Bertz CT molecular complexity index is 1430. The highest BCUT2D eigenvalue weighted by Gasteiger charge is 2.19. The summed E-state index contributed by atoms with van der Waals surface area (Å²) in [7, 11) is 3.13. The molecule has 0 saturated carbocycles. The summed E-state index contributed by atoms with van der Waals surface area (Å²) in [6.45, 7) is 2.54. The van der Waals surface area contributed by atoms with Crippen molar-refractivity contribution in [1.82, 2.24) is 14.8 Å². The third-order valence-corrected chi connectivity index (χ3v) is 6.58. The number of carbonyl (C=O) groups is 1. The minimum atomic E-state index is -1.09. The lowest BCUT2D eigenvalue weighted by Crippen LogP contribution is -2.03. The number of aromatic nitrogens is 3. The van der Waals surface area contributed by atoms with Crippen molar-refractivity contribution in [3.8, 4) is 28.6 Å². The van der Waals surface area contributed by atoms with Gasteiger partial charge in [0.15, 0.2) is 11.0 Å². The number of ether oxygens (including phenoxy) is 3. The van der Waals surface area contributed by atoms with Crippen molar-refractivity contribution in [2.75, 3.05) is 14.2 Å². The number of hydrogen-bond donors (Lipinski definition) is 1. The quantitative estimate of drug-likeness (QED) is 0.187. The van der Waals surface area contributed by atoms with Gasteiger partial charge in [-0.25, -0.2) is 9.18 Å². The van der Waals surface area contributed by atoms with E-state index in [-0.39, 0.29) is 17.3 Å². The highest BCUT2D eigenvalue weighted by Crippen LogP contribution is 2.33. The van der Waals surface area contributed by atoms with Gasteiger partial charge in [-0.05, 0) is 60.7 Å². The summed E-state index contributed by atoms with van der Waals surface area (Å²) in [5.41, 5.74) is 1.84. The number of rotatable bonds is 11. The fraction of sp³-hybridized carbons (Fsp3) is 0.179. The Morgan fingerprint density at radius 1 is 1.00 bits per heavy atom. The fourth-order valence-corrected chi connectivity index (χ4v) is 4.51. The summed E-state index contributed by atoms with van der Waals surface area (Å²) in [4.78, 5) is 12.1. The minimum Gasteiger partial charge on any atom is -0.497 e. The molecule has 4 rings (SSSR count). The van der Waals surface area contributed by atoms with Crippen molar-refractivity contribution in [3.05, 3.63) is 88.6 Å². The lowest BCUT2D eigenvalue weighted by Gasteiger charge is -2.10. The van der Waals surface area contributed by atoms with Gasteiger partial charge >= 0.3 is 5.97 Å². The number of carboxylic acids is 1. The zero-order chi connectivity index (χ0) is 27.1. The molecular weight excluding hydrogens is 509 g/mol. The lowest BCUT2D eigenvalue weighted by atomic mass is 10.2. The van der Waals surface area contributed by atoms with Crippen LogP contribution in [0, 0.1) is 5.82 Å². The van der Waals surface area contributed by atoms with E-state index in [1.807, 2.05) is 23.6 Å². The maximum absolute atomic E-state index is 13.8. The number of nitrogens with zero attached hydrogens (tertiary/aromatic N) is 3. The van der Waals surface area contributed by atoms with Crippen LogP contribution in [-0.2, 0) is 17.9 Å². The molecule has 196 valence electrons. The minimum absolute atomic E-state index is 0.0712. The molecule has 1 heterocycles. The number of methoxy groups -OCH3 is 2. The second-order valence-corrected chi connectivity index (χ2v) is 9.03. The molecule has 3 aromatic carbocycles. The van der Waals surface area contributed by atoms with Crippen LogP contribution >= 0.6 is 11.8 Å². The van der Waals surface area contributed by atoms with Crippen LogP contribution in [0.1, 0.15) is 18.1 Å². The van der Waals surface area contributed by atoms with E-state index in [1.54, 1.807) is 68.8 Å². The van der Waals surface area contributed by atoms with Crippen molar-refractivity contribution < 1.29 is 28.5 Å². The van der Waals surface area contributed by atoms with E-state index < -0.39 is 5.97 Å². The molecule has 0 aliphatic heterocycles. The Balaban J connectivity index is 1.54. The number of thioether (sulfide) groups is 1. The van der Waals surface area contributed by atoms with Crippen LogP contribution in [0.4, 0.5) is 4.39 Å². The molecule has 0 bridgehead atoms. The second kappa shape index (κ2) is 12.3. The second-order valence-electron chi connectivity index (χ2n) is 8.02. The highest BCUT2D eigenvalue weighted by molar-refractivity contribution is 8.04. The van der Waals surface area contributed by atoms with Crippen LogP contribution in [0.25, 0.3) is 17.5 Å². The van der Waals surface area contributed by atoms with Crippen LogP contribution in [0.5, 0.6) is 17.2 Å². The summed E-state index contributed by atoms with van der Waals surface area (Å²) in [5.74, 6) is 0.888. The van der Waals surface area contributed by atoms with Crippen molar-refractivity contribution in [3.63, 3.8) is 0 Å². The van der Waals surface area contributed by atoms with Gasteiger partial charge in [-0.1, -0.05) is 30.3 Å². The van der Waals surface area contributed by atoms with Gasteiger partial charge in [0.25, 0.3) is 0 Å². The van der Waals surface area contributed by atoms with E-state index in [0.717, 1.165) is 17.3 Å². The molecule has 38 heavy (non-hydrogen) atoms. The van der Waals surface area contributed by atoms with E-state index in [0.29, 0.717) is 45.9 Å². The maximum atomic E-state index is 13.8. The molecule has 1 N–H and O–H groups in total. The predicted molar refractivity (Wildman–Crippen MR) is 143 cm³/mol. The zero-order valence-corrected chi connectivity index (χ0v) is 21.9. The topological polar surface area (TPSA) is 95.7 Å². The van der Waals surface area contributed by atoms with Gasteiger partial charge in [-0.15, -0.1) is 10.2 Å². The summed E-state index contributed by atoms with van der Waals surface area (Å²) in [6.07, 6.45) is 1.55. The van der Waals surface area contributed by atoms with Gasteiger partial charge in [0.05, 0.1) is 14.2 Å². The van der Waals surface area contributed by atoms with Gasteiger partial charge < -0.3 is 23.9 Å². The first-order valence-electron chi connectivity index (χ1n) is 11.7. The molecule has 0 radical (unpaired) electrons. The van der Waals surface area contributed by atoms with Gasteiger partial charge in [-0.2, -0.15) is 0 Å². The first-order chi connectivity index (χ1) is 18.4. The molecule has 0 amide bonds. The van der Waals surface area contributed by atoms with Crippen molar-refractivity contribution in [1.29, 1.82) is 0 Å². The largest absolute Gasteiger partial charge is 0.497 e. The Hall–Kier alpha value is -4.31. The Kier molecular flexibility index (Phi) is 8.65. The maximum Gasteiger partial charge on any atom is 0.342 e. The van der Waals surface area contributed by atoms with E-state index in [4.69, 9.17) is 14.2 Å². The zero-order valence-electron chi connectivity index (χ0n) is 21.1. The van der Waals surface area contributed by atoms with E-state index in [9.17, 15) is 14.3 Å². The molecule has 8 nitrogen and oxygen atoms in total. The van der Waals surface area contributed by atoms with E-state index >= 15 is 0 Å². The van der Waals surface area contributed by atoms with Crippen LogP contribution in [-0.4, -0.2) is 40.1 Å². The smallest absolute Gasteiger partial charge is 0.342 e. The van der Waals surface area contributed by atoms with Gasteiger partial charge in [0.1, 0.15) is 34.6 Å². The monoisotopic (exact) mass is 535 g/mol. The Morgan fingerprint density at radius 2 is 1.68 bits per heavy atom. The fourth-order valence-electron chi connectivity index (χ4n) is 3.62. The predicted octanol–water partition coefficient (Wildman–Crippen LogP) is 5.92. The molecular formula is C28H26FN3O5S. The first-order valence-corrected chi connectivity index (χ1v) is 12.5. The van der Waals surface area contributed by atoms with Crippen LogP contribution < -0.4 is 14.2 Å². The summed E-state index contributed by atoms with van der Waals surface area (Å²) < 4.78 is 32.0. The molecule has 0 saturated heterocycles. The SMILES string of the molecule is CCn1c(S/C(=C\c2ccc(OCc3ccccc3F)cc2)C(=O)O)nnc1-c1cc(OC)cc(OC)c1. The summed E-state index contributed by atoms with van der Waals surface area (Å²) in [5, 5.41) is 18.9. The van der Waals surface area contributed by atoms with E-state index in [1.165, 1.54) is 6.07 Å². The Morgan fingerprint density at radius 3 is 2.29 bits per heavy atom. The average molecular weight is 536 g/mol. The van der Waals surface area contributed by atoms with Gasteiger partial charge in [-0.3, -0.25) is 0 Å². The number of hydrogen-bond acceptors (Lipinski definition) is 7. The van der Waals surface area contributed by atoms with Crippen LogP contribution in [0.15, 0.2) is 76.8 Å². The van der Waals surface area contributed by atoms with Crippen molar-refractivity contribution in [2.24, 2.45) is 0 Å². The van der Waals surface area contributed by atoms with Gasteiger partial charge in [0.2, 0.25) is 0 Å². The van der Waals surface area contributed by atoms with Crippen LogP contribution in [0.3, 0.4) is 0 Å². The highest BCUT2D eigenvalue weighted by atomic mass is 32.2. The summed E-state index contributed by atoms with van der Waals surface area (Å²) >= 11 is 1.01. The standard InChI is InChI=1S/C28H26FN3O5S/c1-4-32-26(20-14-22(35-2)16-23(15-20)36-3)30-31-28(32)38-25(27(33)34)13-18-9-11-21(12-10-18)37-17-19-7-5-6-8-24(19)29/h5-16H,4,17H2,1-3H3,(H,33,34)/b25-13-. The third-order valence-electron chi connectivity index (χ3n) is 5.58. The molecule has 1 aromatic heterocycles. The number of benzene rings is 3. The summed E-state index contributed by atoms with van der Waals surface area (Å²) in [6, 6.07) is 18.7. The van der Waals surface area contributed by atoms with E-state index in [2.05, 4.69) is 10.2 Å². The van der Waals surface area contributed by atoms with Crippen molar-refractivity contribution in [2.45, 2.75) is 25.2 Å². The molecule has 10 heteroatoms. The van der Waals surface area contributed by atoms with Crippen LogP contribution in [0.2, 0.25) is 0 Å². The molecule has 0 spiro atoms. The van der Waals surface area contributed by atoms with Crippen molar-refractivity contribution >= 4 is 23.8 Å². The number of halogens is 1. The molecule has 0 atom stereocenters. The Labute approximate surface area is 223 Å². The molecule has 0 aliphatic rings. The number of carboxylic acid groups (broad SMARTS) is 1. The molecule has 0 aliphatic carbocycles. The third kappa shape index (κ3) is 6.33. The lowest BCUT2D eigenvalue weighted by molar-refractivity contribution is -0.131. The first kappa shape index (κ1) is 26.7. The molecule has 0 fully saturated rings. The van der Waals surface area contributed by atoms with Gasteiger partial charge in [0, 0.05) is 23.7 Å². The molecule has 4 aromatic rings. The normalized spacial score (nSPS) is 11.3.